The van der Waals surface area contributed by atoms with E-state index in [-0.39, 0.29) is 5.82 Å². The van der Waals surface area contributed by atoms with Gasteiger partial charge in [-0.25, -0.2) is 4.39 Å². The monoisotopic (exact) mass is 344 g/mol. The van der Waals surface area contributed by atoms with Gasteiger partial charge in [0, 0.05) is 30.8 Å². The standard InChI is InChI=1S/C17H17FN4OS/c1-11-8-13(18)5-6-14(11)15(23)10-24-17-21-20-16(22(17)2)12-4-3-7-19-9-12/h3-9,15,23H,10H2,1-2H3. The Balaban J connectivity index is 1.72. The Hall–Kier alpha value is -2.25. The molecule has 0 aliphatic rings. The van der Waals surface area contributed by atoms with Crippen LogP contribution in [0.4, 0.5) is 4.39 Å². The first-order chi connectivity index (χ1) is 11.6. The highest BCUT2D eigenvalue weighted by atomic mass is 32.2. The molecule has 124 valence electrons. The van der Waals surface area contributed by atoms with Gasteiger partial charge < -0.3 is 9.67 Å². The first-order valence-electron chi connectivity index (χ1n) is 7.43. The number of aryl methyl sites for hydroxylation is 1. The molecule has 5 nitrogen and oxygen atoms in total. The van der Waals surface area contributed by atoms with Crippen molar-refractivity contribution in [2.45, 2.75) is 18.2 Å². The minimum atomic E-state index is -0.700. The lowest BCUT2D eigenvalue weighted by Gasteiger charge is -2.13. The first-order valence-corrected chi connectivity index (χ1v) is 8.41. The fourth-order valence-electron chi connectivity index (χ4n) is 2.44. The number of hydrogen-bond donors (Lipinski definition) is 1. The lowest BCUT2D eigenvalue weighted by molar-refractivity contribution is 0.203. The highest BCUT2D eigenvalue weighted by molar-refractivity contribution is 7.99. The lowest BCUT2D eigenvalue weighted by Crippen LogP contribution is -2.04. The van der Waals surface area contributed by atoms with Crippen LogP contribution in [0.1, 0.15) is 17.2 Å². The van der Waals surface area contributed by atoms with Crippen LogP contribution >= 0.6 is 11.8 Å². The van der Waals surface area contributed by atoms with E-state index in [1.807, 2.05) is 23.7 Å². The number of aliphatic hydroxyl groups excluding tert-OH is 1. The number of aromatic nitrogens is 4. The highest BCUT2D eigenvalue weighted by Crippen LogP contribution is 2.27. The molecule has 2 heterocycles. The van der Waals surface area contributed by atoms with Gasteiger partial charge in [-0.15, -0.1) is 10.2 Å². The third-order valence-electron chi connectivity index (χ3n) is 3.72. The van der Waals surface area contributed by atoms with Crippen molar-refractivity contribution in [2.24, 2.45) is 7.05 Å². The highest BCUT2D eigenvalue weighted by Gasteiger charge is 2.15. The summed E-state index contributed by atoms with van der Waals surface area (Å²) in [6.45, 7) is 1.79. The lowest BCUT2D eigenvalue weighted by atomic mass is 10.0. The van der Waals surface area contributed by atoms with Gasteiger partial charge >= 0.3 is 0 Å². The molecule has 2 aromatic heterocycles. The Morgan fingerprint density at radius 2 is 2.12 bits per heavy atom. The van der Waals surface area contributed by atoms with E-state index in [2.05, 4.69) is 15.2 Å². The van der Waals surface area contributed by atoms with Crippen LogP contribution in [-0.2, 0) is 7.05 Å². The predicted octanol–water partition coefficient (Wildman–Crippen LogP) is 3.15. The molecule has 0 aliphatic heterocycles. The van der Waals surface area contributed by atoms with Crippen LogP contribution in [0.2, 0.25) is 0 Å². The minimum Gasteiger partial charge on any atom is -0.388 e. The summed E-state index contributed by atoms with van der Waals surface area (Å²) in [7, 11) is 1.88. The van der Waals surface area contributed by atoms with E-state index in [1.165, 1.54) is 23.9 Å². The number of halogens is 1. The molecule has 0 saturated heterocycles. The molecule has 24 heavy (non-hydrogen) atoms. The molecular weight excluding hydrogens is 327 g/mol. The largest absolute Gasteiger partial charge is 0.388 e. The number of thioether (sulfide) groups is 1. The fraction of sp³-hybridized carbons (Fsp3) is 0.235. The summed E-state index contributed by atoms with van der Waals surface area (Å²) < 4.78 is 15.0. The van der Waals surface area contributed by atoms with Crippen LogP contribution in [0.25, 0.3) is 11.4 Å². The molecule has 1 aromatic carbocycles. The van der Waals surface area contributed by atoms with E-state index >= 15 is 0 Å². The van der Waals surface area contributed by atoms with Gasteiger partial charge in [0.2, 0.25) is 0 Å². The van der Waals surface area contributed by atoms with Gasteiger partial charge in [0.1, 0.15) is 5.82 Å². The normalized spacial score (nSPS) is 12.3. The van der Waals surface area contributed by atoms with E-state index in [0.29, 0.717) is 10.9 Å². The molecule has 0 aliphatic carbocycles. The van der Waals surface area contributed by atoms with Crippen LogP contribution in [0, 0.1) is 12.7 Å². The molecule has 0 radical (unpaired) electrons. The summed E-state index contributed by atoms with van der Waals surface area (Å²) >= 11 is 1.40. The maximum Gasteiger partial charge on any atom is 0.191 e. The molecule has 3 aromatic rings. The van der Waals surface area contributed by atoms with Crippen LogP contribution in [0.3, 0.4) is 0 Å². The third kappa shape index (κ3) is 3.47. The van der Waals surface area contributed by atoms with E-state index in [1.54, 1.807) is 25.4 Å². The zero-order valence-corrected chi connectivity index (χ0v) is 14.2. The van der Waals surface area contributed by atoms with Gasteiger partial charge in [0.25, 0.3) is 0 Å². The zero-order chi connectivity index (χ0) is 17.1. The first kappa shape index (κ1) is 16.6. The van der Waals surface area contributed by atoms with E-state index in [4.69, 9.17) is 0 Å². The Bertz CT molecular complexity index is 838. The van der Waals surface area contributed by atoms with Crippen molar-refractivity contribution in [2.75, 3.05) is 5.75 Å². The maximum atomic E-state index is 13.2. The molecular formula is C17H17FN4OS. The smallest absolute Gasteiger partial charge is 0.191 e. The van der Waals surface area contributed by atoms with Gasteiger partial charge in [-0.3, -0.25) is 4.98 Å². The molecule has 0 saturated carbocycles. The summed E-state index contributed by atoms with van der Waals surface area (Å²) in [4.78, 5) is 4.08. The number of rotatable bonds is 5. The number of aliphatic hydroxyl groups is 1. The summed E-state index contributed by atoms with van der Waals surface area (Å²) in [6.07, 6.45) is 2.74. The van der Waals surface area contributed by atoms with Crippen molar-refractivity contribution in [3.05, 3.63) is 59.7 Å². The second-order valence-electron chi connectivity index (χ2n) is 5.43. The fourth-order valence-corrected chi connectivity index (χ4v) is 3.31. The van der Waals surface area contributed by atoms with Crippen LogP contribution in [-0.4, -0.2) is 30.6 Å². The van der Waals surface area contributed by atoms with Gasteiger partial charge in [0.05, 0.1) is 6.10 Å². The van der Waals surface area contributed by atoms with Crippen molar-refractivity contribution < 1.29 is 9.50 Å². The number of hydrogen-bond acceptors (Lipinski definition) is 5. The van der Waals surface area contributed by atoms with Crippen molar-refractivity contribution in [3.63, 3.8) is 0 Å². The molecule has 1 N–H and O–H groups in total. The maximum absolute atomic E-state index is 13.2. The van der Waals surface area contributed by atoms with Gasteiger partial charge in [0.15, 0.2) is 11.0 Å². The molecule has 0 spiro atoms. The average Bonchev–Trinajstić information content (AvgIpc) is 2.94. The Morgan fingerprint density at radius 3 is 2.83 bits per heavy atom. The van der Waals surface area contributed by atoms with Crippen molar-refractivity contribution in [3.8, 4) is 11.4 Å². The summed E-state index contributed by atoms with van der Waals surface area (Å²) in [6, 6.07) is 8.17. The Kier molecular flexibility index (Phi) is 4.92. The van der Waals surface area contributed by atoms with Crippen LogP contribution < -0.4 is 0 Å². The van der Waals surface area contributed by atoms with E-state index in [0.717, 1.165) is 22.5 Å². The second-order valence-corrected chi connectivity index (χ2v) is 6.42. The average molecular weight is 344 g/mol. The second kappa shape index (κ2) is 7.11. The van der Waals surface area contributed by atoms with Crippen molar-refractivity contribution >= 4 is 11.8 Å². The number of nitrogens with zero attached hydrogens (tertiary/aromatic N) is 4. The topological polar surface area (TPSA) is 63.8 Å². The van der Waals surface area contributed by atoms with Gasteiger partial charge in [-0.1, -0.05) is 17.8 Å². The molecule has 7 heteroatoms. The van der Waals surface area contributed by atoms with E-state index in [9.17, 15) is 9.50 Å². The third-order valence-corrected chi connectivity index (χ3v) is 4.81. The van der Waals surface area contributed by atoms with Gasteiger partial charge in [-0.05, 0) is 42.3 Å². The summed E-state index contributed by atoms with van der Waals surface area (Å²) in [5, 5.41) is 19.4. The Morgan fingerprint density at radius 1 is 1.29 bits per heavy atom. The molecule has 1 unspecified atom stereocenters. The Labute approximate surface area is 143 Å². The predicted molar refractivity (Wildman–Crippen MR) is 91.1 cm³/mol. The van der Waals surface area contributed by atoms with Gasteiger partial charge in [-0.2, -0.15) is 0 Å². The minimum absolute atomic E-state index is 0.300. The molecule has 1 atom stereocenters. The summed E-state index contributed by atoms with van der Waals surface area (Å²) in [5.74, 6) is 0.828. The summed E-state index contributed by atoms with van der Waals surface area (Å²) in [5.41, 5.74) is 2.34. The van der Waals surface area contributed by atoms with Crippen molar-refractivity contribution in [1.82, 2.24) is 19.7 Å². The molecule has 0 amide bonds. The van der Waals surface area contributed by atoms with Crippen molar-refractivity contribution in [1.29, 1.82) is 0 Å². The van der Waals surface area contributed by atoms with Crippen LogP contribution in [0.5, 0.6) is 0 Å². The van der Waals surface area contributed by atoms with Crippen LogP contribution in [0.15, 0.2) is 47.9 Å². The molecule has 3 rings (SSSR count). The zero-order valence-electron chi connectivity index (χ0n) is 13.3. The molecule has 0 bridgehead atoms. The quantitative estimate of drug-likeness (QED) is 0.721. The number of pyridine rings is 1. The SMILES string of the molecule is Cc1cc(F)ccc1C(O)CSc1nnc(-c2cccnc2)n1C. The number of benzene rings is 1. The molecule has 0 fully saturated rings. The van der Waals surface area contributed by atoms with E-state index < -0.39 is 6.10 Å².